The lowest BCUT2D eigenvalue weighted by atomic mass is 10.2. The summed E-state index contributed by atoms with van der Waals surface area (Å²) in [4.78, 5) is 4.32. The number of nitrogens with one attached hydrogen (secondary N) is 1. The second-order valence-corrected chi connectivity index (χ2v) is 4.11. The summed E-state index contributed by atoms with van der Waals surface area (Å²) in [6.07, 6.45) is 1.75. The van der Waals surface area contributed by atoms with Crippen LogP contribution in [0.5, 0.6) is 0 Å². The lowest BCUT2D eigenvalue weighted by Crippen LogP contribution is -2.08. The third-order valence-electron chi connectivity index (χ3n) is 2.40. The van der Waals surface area contributed by atoms with Crippen LogP contribution in [-0.4, -0.2) is 23.7 Å². The maximum atomic E-state index is 6.06. The van der Waals surface area contributed by atoms with E-state index in [1.165, 1.54) is 0 Å². The van der Waals surface area contributed by atoms with Crippen LogP contribution in [0.1, 0.15) is 12.3 Å². The minimum absolute atomic E-state index is 0.551. The predicted octanol–water partition coefficient (Wildman–Crippen LogP) is 2.54. The van der Waals surface area contributed by atoms with Crippen molar-refractivity contribution in [3.05, 3.63) is 35.2 Å². The molecule has 1 N–H and O–H groups in total. The van der Waals surface area contributed by atoms with Gasteiger partial charge in [-0.25, -0.2) is 0 Å². The molecule has 2 rings (SSSR count). The van der Waals surface area contributed by atoms with Crippen LogP contribution in [0.25, 0.3) is 11.4 Å². The molecule has 0 saturated carbocycles. The van der Waals surface area contributed by atoms with Crippen molar-refractivity contribution in [1.82, 2.24) is 15.5 Å². The molecule has 0 spiro atoms. The number of benzene rings is 1. The Morgan fingerprint density at radius 2 is 2.18 bits per heavy atom. The highest BCUT2D eigenvalue weighted by Crippen LogP contribution is 2.24. The van der Waals surface area contributed by atoms with Crippen molar-refractivity contribution in [2.75, 3.05) is 13.6 Å². The van der Waals surface area contributed by atoms with E-state index in [1.807, 2.05) is 31.3 Å². The summed E-state index contributed by atoms with van der Waals surface area (Å²) in [6, 6.07) is 7.47. The Bertz CT molecular complexity index is 484. The summed E-state index contributed by atoms with van der Waals surface area (Å²) in [5.74, 6) is 1.20. The highest BCUT2D eigenvalue weighted by atomic mass is 35.5. The Morgan fingerprint density at radius 3 is 2.94 bits per heavy atom. The average Bonchev–Trinajstić information content (AvgIpc) is 2.79. The highest BCUT2D eigenvalue weighted by molar-refractivity contribution is 6.33. The standard InChI is InChI=1S/C12H14ClN3O/c1-14-8-4-7-11-15-12(16-17-11)9-5-2-3-6-10(9)13/h2-3,5-6,14H,4,7-8H2,1H3. The number of aryl methyl sites for hydroxylation is 1. The lowest BCUT2D eigenvalue weighted by Gasteiger charge is -1.96. The molecule has 0 amide bonds. The maximum absolute atomic E-state index is 6.06. The van der Waals surface area contributed by atoms with Gasteiger partial charge in [0.15, 0.2) is 0 Å². The van der Waals surface area contributed by atoms with Crippen LogP contribution in [-0.2, 0) is 6.42 Å². The van der Waals surface area contributed by atoms with Gasteiger partial charge in [0, 0.05) is 12.0 Å². The van der Waals surface area contributed by atoms with Crippen LogP contribution in [0.3, 0.4) is 0 Å². The van der Waals surface area contributed by atoms with Crippen molar-refractivity contribution in [2.24, 2.45) is 0 Å². The Balaban J connectivity index is 2.10. The molecule has 0 fully saturated rings. The second kappa shape index (κ2) is 5.80. The second-order valence-electron chi connectivity index (χ2n) is 3.70. The fourth-order valence-corrected chi connectivity index (χ4v) is 1.74. The van der Waals surface area contributed by atoms with E-state index in [4.69, 9.17) is 16.1 Å². The average molecular weight is 252 g/mol. The van der Waals surface area contributed by atoms with Gasteiger partial charge in [-0.05, 0) is 32.1 Å². The molecule has 0 aliphatic heterocycles. The summed E-state index contributed by atoms with van der Waals surface area (Å²) < 4.78 is 5.17. The van der Waals surface area contributed by atoms with Crippen LogP contribution in [0, 0.1) is 0 Å². The zero-order valence-electron chi connectivity index (χ0n) is 9.61. The maximum Gasteiger partial charge on any atom is 0.227 e. The monoisotopic (exact) mass is 251 g/mol. The van der Waals surface area contributed by atoms with Crippen molar-refractivity contribution >= 4 is 11.6 Å². The molecule has 4 nitrogen and oxygen atoms in total. The molecule has 0 radical (unpaired) electrons. The van der Waals surface area contributed by atoms with Crippen molar-refractivity contribution in [3.8, 4) is 11.4 Å². The predicted molar refractivity (Wildman–Crippen MR) is 67.0 cm³/mol. The minimum Gasteiger partial charge on any atom is -0.339 e. The molecule has 0 atom stereocenters. The van der Waals surface area contributed by atoms with Crippen molar-refractivity contribution in [3.63, 3.8) is 0 Å². The lowest BCUT2D eigenvalue weighted by molar-refractivity contribution is 0.375. The van der Waals surface area contributed by atoms with Crippen molar-refractivity contribution in [1.29, 1.82) is 0 Å². The van der Waals surface area contributed by atoms with Crippen LogP contribution in [0.2, 0.25) is 5.02 Å². The molecule has 0 bridgehead atoms. The Kier molecular flexibility index (Phi) is 4.12. The minimum atomic E-state index is 0.551. The van der Waals surface area contributed by atoms with Crippen LogP contribution in [0.4, 0.5) is 0 Å². The molecule has 2 aromatic rings. The smallest absolute Gasteiger partial charge is 0.227 e. The summed E-state index contributed by atoms with van der Waals surface area (Å²) in [5, 5.41) is 7.64. The number of nitrogens with zero attached hydrogens (tertiary/aromatic N) is 2. The SMILES string of the molecule is CNCCCc1nc(-c2ccccc2Cl)no1. The van der Waals surface area contributed by atoms with Gasteiger partial charge in [-0.1, -0.05) is 28.9 Å². The van der Waals surface area contributed by atoms with Gasteiger partial charge >= 0.3 is 0 Å². The zero-order chi connectivity index (χ0) is 12.1. The Morgan fingerprint density at radius 1 is 1.35 bits per heavy atom. The number of halogens is 1. The van der Waals surface area contributed by atoms with E-state index in [0.717, 1.165) is 24.9 Å². The molecule has 0 saturated heterocycles. The van der Waals surface area contributed by atoms with E-state index in [-0.39, 0.29) is 0 Å². The first-order valence-corrected chi connectivity index (χ1v) is 5.91. The van der Waals surface area contributed by atoms with Crippen molar-refractivity contribution in [2.45, 2.75) is 12.8 Å². The Labute approximate surface area is 105 Å². The molecular weight excluding hydrogens is 238 g/mol. The van der Waals surface area contributed by atoms with Gasteiger partial charge in [0.25, 0.3) is 0 Å². The molecule has 0 unspecified atom stereocenters. The normalized spacial score (nSPS) is 10.7. The quantitative estimate of drug-likeness (QED) is 0.830. The molecular formula is C12H14ClN3O. The van der Waals surface area contributed by atoms with Gasteiger partial charge in [0.2, 0.25) is 11.7 Å². The highest BCUT2D eigenvalue weighted by Gasteiger charge is 2.10. The van der Waals surface area contributed by atoms with Crippen LogP contribution in [0.15, 0.2) is 28.8 Å². The number of hydrogen-bond donors (Lipinski definition) is 1. The molecule has 1 aromatic heterocycles. The van der Waals surface area contributed by atoms with E-state index < -0.39 is 0 Å². The topological polar surface area (TPSA) is 51.0 Å². The number of hydrogen-bond acceptors (Lipinski definition) is 4. The van der Waals surface area contributed by atoms with Gasteiger partial charge in [-0.3, -0.25) is 0 Å². The van der Waals surface area contributed by atoms with Gasteiger partial charge in [0.05, 0.1) is 5.02 Å². The van der Waals surface area contributed by atoms with E-state index >= 15 is 0 Å². The van der Waals surface area contributed by atoms with E-state index in [1.54, 1.807) is 0 Å². The number of rotatable bonds is 5. The third-order valence-corrected chi connectivity index (χ3v) is 2.73. The fourth-order valence-electron chi connectivity index (χ4n) is 1.52. The van der Waals surface area contributed by atoms with Gasteiger partial charge in [0.1, 0.15) is 0 Å². The molecule has 0 aliphatic rings. The molecule has 0 aliphatic carbocycles. The van der Waals surface area contributed by atoms with Crippen molar-refractivity contribution < 1.29 is 4.52 Å². The van der Waals surface area contributed by atoms with E-state index in [2.05, 4.69) is 15.5 Å². The van der Waals surface area contributed by atoms with E-state index in [9.17, 15) is 0 Å². The Hall–Kier alpha value is -1.39. The summed E-state index contributed by atoms with van der Waals surface area (Å²) in [7, 11) is 1.92. The fraction of sp³-hybridized carbons (Fsp3) is 0.333. The van der Waals surface area contributed by atoms with Gasteiger partial charge in [-0.2, -0.15) is 4.98 Å². The first-order chi connectivity index (χ1) is 8.31. The van der Waals surface area contributed by atoms with E-state index in [0.29, 0.717) is 16.7 Å². The molecule has 17 heavy (non-hydrogen) atoms. The first-order valence-electron chi connectivity index (χ1n) is 5.53. The largest absolute Gasteiger partial charge is 0.339 e. The van der Waals surface area contributed by atoms with Crippen LogP contribution >= 0.6 is 11.6 Å². The first kappa shape index (κ1) is 12.1. The zero-order valence-corrected chi connectivity index (χ0v) is 10.4. The summed E-state index contributed by atoms with van der Waals surface area (Å²) >= 11 is 6.06. The van der Waals surface area contributed by atoms with Gasteiger partial charge < -0.3 is 9.84 Å². The molecule has 1 heterocycles. The van der Waals surface area contributed by atoms with Crippen LogP contribution < -0.4 is 5.32 Å². The molecule has 5 heteroatoms. The summed E-state index contributed by atoms with van der Waals surface area (Å²) in [6.45, 7) is 0.934. The number of aromatic nitrogens is 2. The third kappa shape index (κ3) is 3.05. The molecule has 90 valence electrons. The van der Waals surface area contributed by atoms with Gasteiger partial charge in [-0.15, -0.1) is 0 Å². The molecule has 1 aromatic carbocycles. The summed E-state index contributed by atoms with van der Waals surface area (Å²) in [5.41, 5.74) is 0.804.